The van der Waals surface area contributed by atoms with Gasteiger partial charge in [0.15, 0.2) is 5.17 Å². The SMILES string of the molecule is O=C1NC(=NC2CCCCC2)S/C1=C\c1ccc(OC(F)F)cc1OC(F)F. The third kappa shape index (κ3) is 5.63. The number of thioether (sulfide) groups is 1. The van der Waals surface area contributed by atoms with E-state index in [9.17, 15) is 22.4 Å². The second-order valence-corrected chi connectivity index (χ2v) is 7.28. The number of carbonyl (C=O) groups excluding carboxylic acids is 1. The number of halogens is 4. The van der Waals surface area contributed by atoms with Gasteiger partial charge in [0, 0.05) is 11.6 Å². The van der Waals surface area contributed by atoms with Gasteiger partial charge in [-0.25, -0.2) is 0 Å². The third-order valence-electron chi connectivity index (χ3n) is 4.24. The molecule has 1 aliphatic carbocycles. The van der Waals surface area contributed by atoms with Crippen molar-refractivity contribution in [3.63, 3.8) is 0 Å². The van der Waals surface area contributed by atoms with Gasteiger partial charge < -0.3 is 14.8 Å². The molecule has 0 atom stereocenters. The van der Waals surface area contributed by atoms with Crippen LogP contribution in [0.15, 0.2) is 28.1 Å². The van der Waals surface area contributed by atoms with Gasteiger partial charge in [0.25, 0.3) is 5.91 Å². The molecule has 152 valence electrons. The van der Waals surface area contributed by atoms with Crippen molar-refractivity contribution >= 4 is 28.9 Å². The Labute approximate surface area is 163 Å². The van der Waals surface area contributed by atoms with Gasteiger partial charge in [0.2, 0.25) is 0 Å². The van der Waals surface area contributed by atoms with Gasteiger partial charge in [-0.05, 0) is 42.8 Å². The first-order valence-electron chi connectivity index (χ1n) is 8.73. The number of hydrogen-bond acceptors (Lipinski definition) is 5. The Hall–Kier alpha value is -2.23. The van der Waals surface area contributed by atoms with Crippen LogP contribution in [-0.2, 0) is 4.79 Å². The molecule has 1 saturated heterocycles. The van der Waals surface area contributed by atoms with E-state index in [1.165, 1.54) is 24.6 Å². The maximum atomic E-state index is 12.7. The lowest BCUT2D eigenvalue weighted by molar-refractivity contribution is -0.115. The van der Waals surface area contributed by atoms with Crippen molar-refractivity contribution in [1.82, 2.24) is 5.32 Å². The number of carbonyl (C=O) groups is 1. The van der Waals surface area contributed by atoms with Gasteiger partial charge in [0.05, 0.1) is 10.9 Å². The quantitative estimate of drug-likeness (QED) is 0.534. The van der Waals surface area contributed by atoms with E-state index < -0.39 is 19.1 Å². The van der Waals surface area contributed by atoms with E-state index in [0.29, 0.717) is 5.17 Å². The van der Waals surface area contributed by atoms with Crippen LogP contribution in [0.25, 0.3) is 6.08 Å². The fourth-order valence-corrected chi connectivity index (χ4v) is 3.90. The molecular formula is C18H18F4N2O3S. The molecule has 2 fully saturated rings. The zero-order chi connectivity index (χ0) is 20.1. The summed E-state index contributed by atoms with van der Waals surface area (Å²) in [4.78, 5) is 17.0. The number of benzene rings is 1. The predicted molar refractivity (Wildman–Crippen MR) is 97.7 cm³/mol. The predicted octanol–water partition coefficient (Wildman–Crippen LogP) is 4.78. The van der Waals surface area contributed by atoms with Crippen molar-refractivity contribution in [3.05, 3.63) is 28.7 Å². The number of hydrogen-bond donors (Lipinski definition) is 1. The minimum Gasteiger partial charge on any atom is -0.435 e. The lowest BCUT2D eigenvalue weighted by Crippen LogP contribution is -2.22. The number of nitrogens with one attached hydrogen (secondary N) is 1. The van der Waals surface area contributed by atoms with Crippen molar-refractivity contribution in [2.45, 2.75) is 51.4 Å². The smallest absolute Gasteiger partial charge is 0.387 e. The molecule has 1 amide bonds. The summed E-state index contributed by atoms with van der Waals surface area (Å²) < 4.78 is 58.6. The average molecular weight is 418 g/mol. The zero-order valence-corrected chi connectivity index (χ0v) is 15.5. The molecule has 0 unspecified atom stereocenters. The maximum Gasteiger partial charge on any atom is 0.387 e. The van der Waals surface area contributed by atoms with Crippen LogP contribution in [0.1, 0.15) is 37.7 Å². The number of alkyl halides is 4. The van der Waals surface area contributed by atoms with Gasteiger partial charge in [-0.2, -0.15) is 17.6 Å². The molecule has 0 radical (unpaired) electrons. The Morgan fingerprint density at radius 3 is 2.50 bits per heavy atom. The third-order valence-corrected chi connectivity index (χ3v) is 5.16. The summed E-state index contributed by atoms with van der Waals surface area (Å²) >= 11 is 1.11. The maximum absolute atomic E-state index is 12.7. The first-order chi connectivity index (χ1) is 13.4. The van der Waals surface area contributed by atoms with Crippen LogP contribution in [0.3, 0.4) is 0 Å². The summed E-state index contributed by atoms with van der Waals surface area (Å²) in [6, 6.07) is 3.55. The van der Waals surface area contributed by atoms with E-state index in [-0.39, 0.29) is 28.0 Å². The highest BCUT2D eigenvalue weighted by molar-refractivity contribution is 8.18. The van der Waals surface area contributed by atoms with E-state index in [1.54, 1.807) is 0 Å². The molecule has 2 aliphatic rings. The summed E-state index contributed by atoms with van der Waals surface area (Å²) in [7, 11) is 0. The van der Waals surface area contributed by atoms with Crippen molar-refractivity contribution in [3.8, 4) is 11.5 Å². The molecule has 1 saturated carbocycles. The molecule has 0 aromatic heterocycles. The number of aliphatic imine (C=N–C) groups is 1. The molecule has 1 N–H and O–H groups in total. The molecule has 1 aromatic carbocycles. The molecular weight excluding hydrogens is 400 g/mol. The Bertz CT molecular complexity index is 780. The number of nitrogens with zero attached hydrogens (tertiary/aromatic N) is 1. The molecule has 1 heterocycles. The highest BCUT2D eigenvalue weighted by atomic mass is 32.2. The Morgan fingerprint density at radius 2 is 1.82 bits per heavy atom. The van der Waals surface area contributed by atoms with E-state index in [0.717, 1.165) is 43.5 Å². The fourth-order valence-electron chi connectivity index (χ4n) is 3.01. The van der Waals surface area contributed by atoms with Gasteiger partial charge in [0.1, 0.15) is 11.5 Å². The molecule has 3 rings (SSSR count). The monoisotopic (exact) mass is 418 g/mol. The van der Waals surface area contributed by atoms with Gasteiger partial charge in [-0.3, -0.25) is 9.79 Å². The normalized spacial score (nSPS) is 21.0. The van der Waals surface area contributed by atoms with Crippen LogP contribution in [0.5, 0.6) is 11.5 Å². The van der Waals surface area contributed by atoms with Gasteiger partial charge in [-0.15, -0.1) is 0 Å². The van der Waals surface area contributed by atoms with Crippen LogP contribution in [-0.4, -0.2) is 30.3 Å². The molecule has 10 heteroatoms. The lowest BCUT2D eigenvalue weighted by Gasteiger charge is -2.17. The van der Waals surface area contributed by atoms with Crippen LogP contribution >= 0.6 is 11.8 Å². The molecule has 0 bridgehead atoms. The van der Waals surface area contributed by atoms with E-state index >= 15 is 0 Å². The molecule has 1 aromatic rings. The molecule has 28 heavy (non-hydrogen) atoms. The molecule has 5 nitrogen and oxygen atoms in total. The summed E-state index contributed by atoms with van der Waals surface area (Å²) in [6.45, 7) is -6.26. The van der Waals surface area contributed by atoms with Gasteiger partial charge in [-0.1, -0.05) is 19.3 Å². The lowest BCUT2D eigenvalue weighted by atomic mass is 9.96. The van der Waals surface area contributed by atoms with Crippen LogP contribution < -0.4 is 14.8 Å². The minimum absolute atomic E-state index is 0.137. The number of ether oxygens (including phenoxy) is 2. The highest BCUT2D eigenvalue weighted by Gasteiger charge is 2.26. The Kier molecular flexibility index (Phi) is 6.82. The second-order valence-electron chi connectivity index (χ2n) is 6.25. The summed E-state index contributed by atoms with van der Waals surface area (Å²) in [5, 5.41) is 3.13. The standard InChI is InChI=1S/C18H18F4N2O3S/c19-16(20)26-12-7-6-10(13(9-12)27-17(21)22)8-14-15(25)24-18(28-14)23-11-4-2-1-3-5-11/h6-9,11,16-17H,1-5H2,(H,23,24,25)/b14-8-. The van der Waals surface area contributed by atoms with Crippen molar-refractivity contribution in [2.75, 3.05) is 0 Å². The summed E-state index contributed by atoms with van der Waals surface area (Å²) in [5.41, 5.74) is 0.137. The first-order valence-corrected chi connectivity index (χ1v) is 9.55. The molecule has 0 spiro atoms. The van der Waals surface area contributed by atoms with Crippen LogP contribution in [0.2, 0.25) is 0 Å². The van der Waals surface area contributed by atoms with Crippen molar-refractivity contribution in [1.29, 1.82) is 0 Å². The second kappa shape index (κ2) is 9.31. The fraction of sp³-hybridized carbons (Fsp3) is 0.444. The number of amidine groups is 1. The minimum atomic E-state index is -3.16. The highest BCUT2D eigenvalue weighted by Crippen LogP contribution is 2.33. The first kappa shape index (κ1) is 20.5. The zero-order valence-electron chi connectivity index (χ0n) is 14.7. The van der Waals surface area contributed by atoms with Crippen LogP contribution in [0, 0.1) is 0 Å². The number of amides is 1. The van der Waals surface area contributed by atoms with Crippen molar-refractivity contribution in [2.24, 2.45) is 4.99 Å². The van der Waals surface area contributed by atoms with Crippen molar-refractivity contribution < 1.29 is 31.8 Å². The Balaban J connectivity index is 1.81. The average Bonchev–Trinajstić information content (AvgIpc) is 2.96. The van der Waals surface area contributed by atoms with E-state index in [1.807, 2.05) is 0 Å². The largest absolute Gasteiger partial charge is 0.435 e. The van der Waals surface area contributed by atoms with Gasteiger partial charge >= 0.3 is 13.2 Å². The number of rotatable bonds is 6. The van der Waals surface area contributed by atoms with E-state index in [2.05, 4.69) is 19.8 Å². The molecule has 1 aliphatic heterocycles. The Morgan fingerprint density at radius 1 is 1.11 bits per heavy atom. The topological polar surface area (TPSA) is 59.9 Å². The van der Waals surface area contributed by atoms with E-state index in [4.69, 9.17) is 0 Å². The van der Waals surface area contributed by atoms with Crippen LogP contribution in [0.4, 0.5) is 17.6 Å². The summed E-state index contributed by atoms with van der Waals surface area (Å²) in [6.07, 6.45) is 6.68. The summed E-state index contributed by atoms with van der Waals surface area (Å²) in [5.74, 6) is -1.10.